The molecule has 2 amide bonds. The van der Waals surface area contributed by atoms with Crippen LogP contribution in [0.4, 0.5) is 4.79 Å². The highest BCUT2D eigenvalue weighted by Crippen LogP contribution is 2.17. The van der Waals surface area contributed by atoms with Crippen LogP contribution in [0, 0.1) is 0 Å². The van der Waals surface area contributed by atoms with E-state index < -0.39 is 5.97 Å². The summed E-state index contributed by atoms with van der Waals surface area (Å²) in [5.74, 6) is 0.0515. The highest BCUT2D eigenvalue weighted by atomic mass is 32.2. The van der Waals surface area contributed by atoms with Gasteiger partial charge in [-0.2, -0.15) is 0 Å². The zero-order valence-corrected chi connectivity index (χ0v) is 15.5. The molecule has 0 saturated carbocycles. The highest BCUT2D eigenvalue weighted by Gasteiger charge is 2.22. The summed E-state index contributed by atoms with van der Waals surface area (Å²) in [6, 6.07) is 8.09. The van der Waals surface area contributed by atoms with Crippen molar-refractivity contribution < 1.29 is 19.1 Å². The minimum Gasteiger partial charge on any atom is -0.456 e. The van der Waals surface area contributed by atoms with Crippen molar-refractivity contribution >= 4 is 28.9 Å². The van der Waals surface area contributed by atoms with Crippen LogP contribution in [-0.2, 0) is 27.3 Å². The molecular weight excluding hydrogens is 340 g/mol. The molecule has 1 fully saturated rings. The summed E-state index contributed by atoms with van der Waals surface area (Å²) in [4.78, 5) is 38.4. The van der Waals surface area contributed by atoms with Crippen molar-refractivity contribution in [2.24, 2.45) is 0 Å². The molecule has 1 aliphatic rings. The lowest BCUT2D eigenvalue weighted by molar-refractivity contribution is -0.151. The van der Waals surface area contributed by atoms with E-state index in [-0.39, 0.29) is 24.2 Å². The molecule has 1 aromatic rings. The molecule has 1 saturated heterocycles. The van der Waals surface area contributed by atoms with Crippen molar-refractivity contribution in [1.29, 1.82) is 0 Å². The molecule has 25 heavy (non-hydrogen) atoms. The molecule has 0 aromatic heterocycles. The number of ether oxygens (including phenoxy) is 1. The SMILES string of the molecule is CCc1ccc(CN(C)C(=O)COC(=O)CCN2CCSC2=O)cc1. The van der Waals surface area contributed by atoms with Crippen LogP contribution in [0.5, 0.6) is 0 Å². The zero-order valence-electron chi connectivity index (χ0n) is 14.7. The molecule has 6 nitrogen and oxygen atoms in total. The first-order valence-corrected chi connectivity index (χ1v) is 9.37. The third kappa shape index (κ3) is 6.08. The largest absolute Gasteiger partial charge is 0.456 e. The first kappa shape index (κ1) is 19.3. The van der Waals surface area contributed by atoms with Crippen LogP contribution in [0.3, 0.4) is 0 Å². The van der Waals surface area contributed by atoms with E-state index in [4.69, 9.17) is 4.74 Å². The van der Waals surface area contributed by atoms with E-state index in [1.165, 1.54) is 22.2 Å². The average Bonchev–Trinajstić information content (AvgIpc) is 3.03. The van der Waals surface area contributed by atoms with E-state index >= 15 is 0 Å². The Morgan fingerprint density at radius 2 is 1.92 bits per heavy atom. The highest BCUT2D eigenvalue weighted by molar-refractivity contribution is 8.13. The number of esters is 1. The van der Waals surface area contributed by atoms with Gasteiger partial charge in [-0.15, -0.1) is 0 Å². The smallest absolute Gasteiger partial charge is 0.308 e. The van der Waals surface area contributed by atoms with Gasteiger partial charge in [0.2, 0.25) is 0 Å². The summed E-state index contributed by atoms with van der Waals surface area (Å²) in [5, 5.41) is -0.00213. The van der Waals surface area contributed by atoms with Gasteiger partial charge in [0, 0.05) is 32.4 Å². The Morgan fingerprint density at radius 3 is 2.52 bits per heavy atom. The van der Waals surface area contributed by atoms with Crippen LogP contribution in [0.25, 0.3) is 0 Å². The van der Waals surface area contributed by atoms with Crippen LogP contribution in [0.1, 0.15) is 24.5 Å². The number of carbonyl (C=O) groups excluding carboxylic acids is 3. The van der Waals surface area contributed by atoms with E-state index in [1.807, 2.05) is 24.3 Å². The number of aryl methyl sites for hydroxylation is 1. The van der Waals surface area contributed by atoms with Crippen molar-refractivity contribution in [2.75, 3.05) is 32.5 Å². The fourth-order valence-corrected chi connectivity index (χ4v) is 3.27. The third-order valence-corrected chi connectivity index (χ3v) is 4.96. The van der Waals surface area contributed by atoms with Gasteiger partial charge in [0.15, 0.2) is 6.61 Å². The van der Waals surface area contributed by atoms with E-state index in [0.29, 0.717) is 19.6 Å². The molecule has 0 N–H and O–H groups in total. The summed E-state index contributed by atoms with van der Waals surface area (Å²) in [6.45, 7) is 3.30. The van der Waals surface area contributed by atoms with E-state index in [0.717, 1.165) is 17.7 Å². The third-order valence-electron chi connectivity index (χ3n) is 4.06. The quantitative estimate of drug-likeness (QED) is 0.662. The number of nitrogens with zero attached hydrogens (tertiary/aromatic N) is 2. The van der Waals surface area contributed by atoms with Gasteiger partial charge in [-0.1, -0.05) is 43.0 Å². The van der Waals surface area contributed by atoms with Crippen molar-refractivity contribution in [1.82, 2.24) is 9.80 Å². The number of rotatable bonds is 8. The lowest BCUT2D eigenvalue weighted by atomic mass is 10.1. The van der Waals surface area contributed by atoms with Gasteiger partial charge in [0.25, 0.3) is 11.1 Å². The molecule has 7 heteroatoms. The second kappa shape index (κ2) is 9.46. The minimum atomic E-state index is -0.459. The monoisotopic (exact) mass is 364 g/mol. The predicted molar refractivity (Wildman–Crippen MR) is 97.3 cm³/mol. The van der Waals surface area contributed by atoms with Gasteiger partial charge in [-0.05, 0) is 17.5 Å². The molecule has 1 heterocycles. The number of carbonyl (C=O) groups is 3. The second-order valence-electron chi connectivity index (χ2n) is 5.93. The van der Waals surface area contributed by atoms with Gasteiger partial charge >= 0.3 is 5.97 Å². The van der Waals surface area contributed by atoms with Crippen molar-refractivity contribution in [2.45, 2.75) is 26.3 Å². The van der Waals surface area contributed by atoms with E-state index in [9.17, 15) is 14.4 Å². The number of hydrogen-bond donors (Lipinski definition) is 0. The Hall–Kier alpha value is -2.02. The van der Waals surface area contributed by atoms with Gasteiger partial charge in [-0.25, -0.2) is 0 Å². The minimum absolute atomic E-state index is 0.00213. The van der Waals surface area contributed by atoms with E-state index in [1.54, 1.807) is 11.9 Å². The Morgan fingerprint density at radius 1 is 1.24 bits per heavy atom. The first-order chi connectivity index (χ1) is 12.0. The van der Waals surface area contributed by atoms with Crippen molar-refractivity contribution in [3.8, 4) is 0 Å². The molecule has 136 valence electrons. The Labute approximate surface area is 152 Å². The predicted octanol–water partition coefficient (Wildman–Crippen LogP) is 2.31. The molecule has 0 radical (unpaired) electrons. The van der Waals surface area contributed by atoms with Crippen LogP contribution in [-0.4, -0.2) is 59.4 Å². The maximum Gasteiger partial charge on any atom is 0.308 e. The molecule has 0 atom stereocenters. The molecule has 0 aliphatic carbocycles. The zero-order chi connectivity index (χ0) is 18.2. The molecule has 1 aromatic carbocycles. The average molecular weight is 364 g/mol. The molecule has 0 unspecified atom stereocenters. The Kier molecular flexibility index (Phi) is 7.31. The summed E-state index contributed by atoms with van der Waals surface area (Å²) in [6.07, 6.45) is 1.09. The summed E-state index contributed by atoms with van der Waals surface area (Å²) < 4.78 is 5.02. The number of hydrogen-bond acceptors (Lipinski definition) is 5. The van der Waals surface area contributed by atoms with Gasteiger partial charge in [0.1, 0.15) is 0 Å². The molecular formula is C18H24N2O4S. The maximum absolute atomic E-state index is 12.1. The van der Waals surface area contributed by atoms with Crippen LogP contribution in [0.15, 0.2) is 24.3 Å². The number of thioether (sulfide) groups is 1. The van der Waals surface area contributed by atoms with E-state index in [2.05, 4.69) is 6.92 Å². The number of likely N-dealkylation sites (N-methyl/N-ethyl adjacent to an activating group) is 1. The second-order valence-corrected chi connectivity index (χ2v) is 6.98. The van der Waals surface area contributed by atoms with Crippen molar-refractivity contribution in [3.05, 3.63) is 35.4 Å². The van der Waals surface area contributed by atoms with Gasteiger partial charge < -0.3 is 14.5 Å². The maximum atomic E-state index is 12.1. The summed E-state index contributed by atoms with van der Waals surface area (Å²) in [7, 11) is 1.68. The standard InChI is InChI=1S/C18H24N2O4S/c1-3-14-4-6-15(7-5-14)12-19(2)16(21)13-24-17(22)8-9-20-10-11-25-18(20)23/h4-7H,3,8-13H2,1-2H3. The Balaban J connectivity index is 1.69. The first-order valence-electron chi connectivity index (χ1n) is 8.38. The Bertz CT molecular complexity index is 618. The molecule has 0 spiro atoms. The lowest BCUT2D eigenvalue weighted by Gasteiger charge is -2.18. The lowest BCUT2D eigenvalue weighted by Crippen LogP contribution is -2.32. The molecule has 1 aliphatic heterocycles. The van der Waals surface area contributed by atoms with Crippen molar-refractivity contribution in [3.63, 3.8) is 0 Å². The molecule has 0 bridgehead atoms. The summed E-state index contributed by atoms with van der Waals surface area (Å²) in [5.41, 5.74) is 2.28. The fourth-order valence-electron chi connectivity index (χ4n) is 2.42. The topological polar surface area (TPSA) is 66.9 Å². The number of amides is 2. The molecule has 2 rings (SSSR count). The fraction of sp³-hybridized carbons (Fsp3) is 0.500. The van der Waals surface area contributed by atoms with Crippen LogP contribution in [0.2, 0.25) is 0 Å². The van der Waals surface area contributed by atoms with Gasteiger partial charge in [-0.3, -0.25) is 14.4 Å². The van der Waals surface area contributed by atoms with Crippen LogP contribution < -0.4 is 0 Å². The normalized spacial score (nSPS) is 13.8. The number of benzene rings is 1. The van der Waals surface area contributed by atoms with Gasteiger partial charge in [0.05, 0.1) is 6.42 Å². The summed E-state index contributed by atoms with van der Waals surface area (Å²) >= 11 is 1.26. The van der Waals surface area contributed by atoms with Crippen LogP contribution >= 0.6 is 11.8 Å².